The van der Waals surface area contributed by atoms with Gasteiger partial charge in [-0.15, -0.1) is 0 Å². The van der Waals surface area contributed by atoms with E-state index in [9.17, 15) is 19.2 Å². The van der Waals surface area contributed by atoms with Crippen molar-refractivity contribution < 1.29 is 28.7 Å². The van der Waals surface area contributed by atoms with Crippen molar-refractivity contribution in [3.63, 3.8) is 0 Å². The van der Waals surface area contributed by atoms with Gasteiger partial charge in [-0.3, -0.25) is 9.59 Å². The molecule has 0 spiro atoms. The Balaban J connectivity index is 0.000000181. The van der Waals surface area contributed by atoms with E-state index < -0.39 is 11.2 Å². The molecule has 0 unspecified atom stereocenters. The highest BCUT2D eigenvalue weighted by atomic mass is 16.6. The number of amides is 2. The van der Waals surface area contributed by atoms with Crippen LogP contribution in [0.25, 0.3) is 0 Å². The molecule has 0 aromatic heterocycles. The van der Waals surface area contributed by atoms with Gasteiger partial charge in [-0.1, -0.05) is 0 Å². The van der Waals surface area contributed by atoms with E-state index in [-0.39, 0.29) is 36.1 Å². The Morgan fingerprint density at radius 1 is 0.688 bits per heavy atom. The summed E-state index contributed by atoms with van der Waals surface area (Å²) in [5, 5.41) is 5.75. The van der Waals surface area contributed by atoms with Gasteiger partial charge >= 0.3 is 12.2 Å². The zero-order chi connectivity index (χ0) is 23.8. The maximum Gasteiger partial charge on any atom is 0.407 e. The fourth-order valence-corrected chi connectivity index (χ4v) is 5.35. The van der Waals surface area contributed by atoms with E-state index in [1.807, 2.05) is 41.5 Å². The molecule has 0 radical (unpaired) electrons. The number of carbonyl (C=O) groups is 4. The Morgan fingerprint density at radius 2 is 1.03 bits per heavy atom. The number of Topliss-reactive ketones (excluding diaryl/α,β-unsaturated/α-hetero) is 2. The third-order valence-corrected chi connectivity index (χ3v) is 6.63. The molecular weight excluding hydrogens is 412 g/mol. The zero-order valence-electron chi connectivity index (χ0n) is 20.2. The van der Waals surface area contributed by atoms with Crippen LogP contribution in [0.3, 0.4) is 0 Å². The predicted octanol–water partition coefficient (Wildman–Crippen LogP) is 3.76. The lowest BCUT2D eigenvalue weighted by atomic mass is 9.94. The first-order valence-electron chi connectivity index (χ1n) is 11.7. The smallest absolute Gasteiger partial charge is 0.407 e. The standard InChI is InChI=1S/2C12H19NO3/c2*1-12(2,3)16-11(15)13-9-5-8-4-7(9)6-10(8)14/h2*7-9H,4-6H2,1-3H3,(H,13,15)/t2*7-,8-,9-/m10/s1. The molecule has 4 saturated carbocycles. The van der Waals surface area contributed by atoms with Gasteiger partial charge in [0, 0.05) is 36.8 Å². The van der Waals surface area contributed by atoms with Gasteiger partial charge < -0.3 is 20.1 Å². The second-order valence-corrected chi connectivity index (χ2v) is 11.7. The highest BCUT2D eigenvalue weighted by Crippen LogP contribution is 2.43. The summed E-state index contributed by atoms with van der Waals surface area (Å²) in [6.07, 6.45) is 4.01. The molecule has 4 aliphatic rings. The largest absolute Gasteiger partial charge is 0.444 e. The van der Waals surface area contributed by atoms with Gasteiger partial charge in [-0.2, -0.15) is 0 Å². The molecule has 180 valence electrons. The number of ketones is 2. The van der Waals surface area contributed by atoms with Crippen molar-refractivity contribution in [3.05, 3.63) is 0 Å². The van der Waals surface area contributed by atoms with Gasteiger partial charge in [-0.05, 0) is 79.1 Å². The summed E-state index contributed by atoms with van der Waals surface area (Å²) in [6.45, 7) is 11.1. The normalized spacial score (nSPS) is 32.9. The summed E-state index contributed by atoms with van der Waals surface area (Å²) < 4.78 is 10.4. The van der Waals surface area contributed by atoms with Crippen LogP contribution in [0.5, 0.6) is 0 Å². The van der Waals surface area contributed by atoms with Gasteiger partial charge in [0.25, 0.3) is 0 Å². The average molecular weight is 451 g/mol. The van der Waals surface area contributed by atoms with E-state index in [1.165, 1.54) is 0 Å². The topological polar surface area (TPSA) is 111 Å². The summed E-state index contributed by atoms with van der Waals surface area (Å²) in [6, 6.07) is 0.273. The molecule has 0 saturated heterocycles. The van der Waals surface area contributed by atoms with E-state index in [2.05, 4.69) is 10.6 Å². The minimum absolute atomic E-state index is 0.137. The van der Waals surface area contributed by atoms with Crippen molar-refractivity contribution >= 4 is 23.8 Å². The number of nitrogens with one attached hydrogen (secondary N) is 2. The fourth-order valence-electron chi connectivity index (χ4n) is 5.35. The highest BCUT2D eigenvalue weighted by molar-refractivity contribution is 5.85. The average Bonchev–Trinajstić information content (AvgIpc) is 3.32. The van der Waals surface area contributed by atoms with Crippen LogP contribution < -0.4 is 10.6 Å². The maximum atomic E-state index is 11.6. The summed E-state index contributed by atoms with van der Waals surface area (Å²) in [7, 11) is 0. The summed E-state index contributed by atoms with van der Waals surface area (Å²) in [5.74, 6) is 1.78. The lowest BCUT2D eigenvalue weighted by Gasteiger charge is -2.25. The lowest BCUT2D eigenvalue weighted by molar-refractivity contribution is -0.122. The van der Waals surface area contributed by atoms with Crippen molar-refractivity contribution in [1.29, 1.82) is 0 Å². The van der Waals surface area contributed by atoms with Crippen LogP contribution in [0.4, 0.5) is 9.59 Å². The molecule has 0 aliphatic heterocycles. The van der Waals surface area contributed by atoms with E-state index >= 15 is 0 Å². The minimum Gasteiger partial charge on any atom is -0.444 e. The molecule has 2 N–H and O–H groups in total. The number of fused-ring (bicyclic) bond motifs is 4. The molecule has 0 aromatic rings. The monoisotopic (exact) mass is 450 g/mol. The highest BCUT2D eigenvalue weighted by Gasteiger charge is 2.46. The first-order valence-corrected chi connectivity index (χ1v) is 11.7. The molecule has 0 aromatic carbocycles. The molecule has 0 heterocycles. The van der Waals surface area contributed by atoms with Crippen molar-refractivity contribution in [2.45, 2.75) is 103 Å². The van der Waals surface area contributed by atoms with E-state index in [0.717, 1.165) is 25.7 Å². The Labute approximate surface area is 190 Å². The van der Waals surface area contributed by atoms with E-state index in [1.54, 1.807) is 0 Å². The molecule has 2 amide bonds. The van der Waals surface area contributed by atoms with Crippen LogP contribution >= 0.6 is 0 Å². The number of rotatable bonds is 2. The number of hydrogen-bond donors (Lipinski definition) is 2. The Morgan fingerprint density at radius 3 is 1.25 bits per heavy atom. The predicted molar refractivity (Wildman–Crippen MR) is 118 cm³/mol. The number of hydrogen-bond acceptors (Lipinski definition) is 6. The van der Waals surface area contributed by atoms with Crippen LogP contribution in [-0.4, -0.2) is 47.0 Å². The molecular formula is C24H38N2O6. The van der Waals surface area contributed by atoms with Crippen molar-refractivity contribution in [2.75, 3.05) is 0 Å². The third kappa shape index (κ3) is 6.45. The molecule has 4 rings (SSSR count). The summed E-state index contributed by atoms with van der Waals surface area (Å²) >= 11 is 0. The first kappa shape index (κ1) is 24.5. The van der Waals surface area contributed by atoms with Crippen molar-refractivity contribution in [1.82, 2.24) is 10.6 Å². The van der Waals surface area contributed by atoms with Gasteiger partial charge in [-0.25, -0.2) is 9.59 Å². The summed E-state index contributed by atoms with van der Waals surface area (Å²) in [4.78, 5) is 45.8. The van der Waals surface area contributed by atoms with Crippen LogP contribution in [-0.2, 0) is 19.1 Å². The van der Waals surface area contributed by atoms with Crippen LogP contribution in [0, 0.1) is 23.7 Å². The molecule has 4 aliphatic carbocycles. The third-order valence-electron chi connectivity index (χ3n) is 6.63. The molecule has 4 bridgehead atoms. The Bertz CT molecular complexity index is 701. The lowest BCUT2D eigenvalue weighted by Crippen LogP contribution is -2.42. The SMILES string of the molecule is CC(C)(C)OC(=O)N[C@@H]1C[C@H]2C[C@@H]1CC2=O.CC(C)(C)OC(=O)N[C@H]1C[C@@H]2C[C@H]1CC2=O. The van der Waals surface area contributed by atoms with Crippen LogP contribution in [0.2, 0.25) is 0 Å². The van der Waals surface area contributed by atoms with Crippen LogP contribution in [0.1, 0.15) is 80.1 Å². The summed E-state index contributed by atoms with van der Waals surface area (Å²) in [5.41, 5.74) is -0.922. The zero-order valence-corrected chi connectivity index (χ0v) is 20.2. The molecule has 6 atom stereocenters. The van der Waals surface area contributed by atoms with Gasteiger partial charge in [0.1, 0.15) is 22.8 Å². The molecule has 8 heteroatoms. The van der Waals surface area contributed by atoms with Crippen molar-refractivity contribution in [2.24, 2.45) is 23.7 Å². The Kier molecular flexibility index (Phi) is 6.91. The first-order chi connectivity index (χ1) is 14.7. The number of alkyl carbamates (subject to hydrolysis) is 2. The quantitative estimate of drug-likeness (QED) is 0.663. The second kappa shape index (κ2) is 9.02. The van der Waals surface area contributed by atoms with Gasteiger partial charge in [0.15, 0.2) is 0 Å². The number of carbonyl (C=O) groups excluding carboxylic acids is 4. The van der Waals surface area contributed by atoms with Crippen molar-refractivity contribution in [3.8, 4) is 0 Å². The van der Waals surface area contributed by atoms with E-state index in [4.69, 9.17) is 9.47 Å². The molecule has 4 fully saturated rings. The molecule has 32 heavy (non-hydrogen) atoms. The molecule has 8 nitrogen and oxygen atoms in total. The number of ether oxygens (including phenoxy) is 2. The Hall–Kier alpha value is -2.12. The van der Waals surface area contributed by atoms with Gasteiger partial charge in [0.05, 0.1) is 0 Å². The van der Waals surface area contributed by atoms with E-state index in [0.29, 0.717) is 36.2 Å². The van der Waals surface area contributed by atoms with Crippen LogP contribution in [0.15, 0.2) is 0 Å². The minimum atomic E-state index is -0.461. The fraction of sp³-hybridized carbons (Fsp3) is 0.833. The van der Waals surface area contributed by atoms with Gasteiger partial charge in [0.2, 0.25) is 0 Å². The maximum absolute atomic E-state index is 11.6. The second-order valence-electron chi connectivity index (χ2n) is 11.7.